The predicted octanol–water partition coefficient (Wildman–Crippen LogP) is 0.910. The van der Waals surface area contributed by atoms with Crippen molar-refractivity contribution in [3.05, 3.63) is 12.2 Å². The average molecular weight is 576 g/mol. The first kappa shape index (κ1) is 33.7. The minimum Gasteiger partial charge on any atom is -0.481 e. The van der Waals surface area contributed by atoms with Gasteiger partial charge in [0, 0.05) is 26.2 Å². The predicted molar refractivity (Wildman–Crippen MR) is 121 cm³/mol. The molecule has 0 bridgehead atoms. The van der Waals surface area contributed by atoms with E-state index in [1.165, 1.54) is 5.32 Å². The maximum absolute atomic E-state index is 12.5. The molecular weight excluding hydrogens is 546 g/mol. The Morgan fingerprint density at radius 3 is 2.00 bits per heavy atom. The molecule has 17 heteroatoms. The van der Waals surface area contributed by atoms with Gasteiger partial charge in [0.1, 0.15) is 0 Å². The number of rotatable bonds is 8. The lowest BCUT2D eigenvalue weighted by molar-refractivity contribution is -0.192. The van der Waals surface area contributed by atoms with Gasteiger partial charge in [0.25, 0.3) is 0 Å². The van der Waals surface area contributed by atoms with Gasteiger partial charge in [-0.05, 0) is 50.8 Å². The summed E-state index contributed by atoms with van der Waals surface area (Å²) in [4.78, 5) is 57.5. The maximum atomic E-state index is 12.5. The van der Waals surface area contributed by atoms with Crippen molar-refractivity contribution in [2.24, 2.45) is 17.8 Å². The fraction of sp³-hybridized carbons (Fsp3) is 0.682. The fourth-order valence-electron chi connectivity index (χ4n) is 3.68. The highest BCUT2D eigenvalue weighted by Crippen LogP contribution is 2.19. The minimum atomic E-state index is -5.12. The molecule has 5 N–H and O–H groups in total. The first-order chi connectivity index (χ1) is 18.0. The van der Waals surface area contributed by atoms with Gasteiger partial charge in [0.2, 0.25) is 11.8 Å². The van der Waals surface area contributed by atoms with E-state index in [2.05, 4.69) is 10.6 Å². The number of aliphatic carboxylic acids is 2. The van der Waals surface area contributed by atoms with Gasteiger partial charge in [-0.2, -0.15) is 26.3 Å². The van der Waals surface area contributed by atoms with E-state index in [1.807, 2.05) is 6.08 Å². The molecule has 2 rings (SSSR count). The molecule has 2 heterocycles. The minimum absolute atomic E-state index is 0.181. The fourth-order valence-corrected chi connectivity index (χ4v) is 3.68. The molecule has 2 atom stereocenters. The number of hydrogen-bond acceptors (Lipinski definition) is 6. The van der Waals surface area contributed by atoms with Crippen molar-refractivity contribution in [3.63, 3.8) is 0 Å². The lowest BCUT2D eigenvalue weighted by atomic mass is 9.96. The van der Waals surface area contributed by atoms with Gasteiger partial charge < -0.3 is 31.1 Å². The highest BCUT2D eigenvalue weighted by atomic mass is 19.4. The number of hydrogen-bond donors (Lipinski definition) is 5. The number of alkyl halides is 6. The van der Waals surface area contributed by atoms with Crippen LogP contribution >= 0.6 is 0 Å². The number of amides is 3. The Hall–Kier alpha value is -3.37. The third kappa shape index (κ3) is 12.8. The zero-order valence-corrected chi connectivity index (χ0v) is 20.6. The summed E-state index contributed by atoms with van der Waals surface area (Å²) in [5.74, 6) is -8.72. The van der Waals surface area contributed by atoms with Crippen LogP contribution in [0.1, 0.15) is 25.7 Å². The molecule has 39 heavy (non-hydrogen) atoms. The zero-order valence-electron chi connectivity index (χ0n) is 20.6. The lowest BCUT2D eigenvalue weighted by Crippen LogP contribution is -2.48. The molecule has 2 saturated heterocycles. The summed E-state index contributed by atoms with van der Waals surface area (Å²) in [6.07, 6.45) is -3.72. The Labute approximate surface area is 219 Å². The lowest BCUT2D eigenvalue weighted by Gasteiger charge is -2.31. The van der Waals surface area contributed by atoms with Crippen LogP contribution in [-0.2, 0) is 24.0 Å². The van der Waals surface area contributed by atoms with Crippen LogP contribution < -0.4 is 16.0 Å². The second-order valence-electron chi connectivity index (χ2n) is 8.86. The molecule has 2 aliphatic rings. The van der Waals surface area contributed by atoms with Crippen molar-refractivity contribution < 1.29 is 60.5 Å². The molecule has 0 spiro atoms. The van der Waals surface area contributed by atoms with E-state index in [9.17, 15) is 45.5 Å². The van der Waals surface area contributed by atoms with Crippen molar-refractivity contribution in [2.75, 3.05) is 39.3 Å². The van der Waals surface area contributed by atoms with Crippen LogP contribution in [0.25, 0.3) is 0 Å². The number of carboxylic acids is 2. The first-order valence-corrected chi connectivity index (χ1v) is 11.9. The number of nitrogens with one attached hydrogen (secondary N) is 3. The van der Waals surface area contributed by atoms with Crippen LogP contribution in [0.5, 0.6) is 0 Å². The Bertz CT molecular complexity index is 904. The van der Waals surface area contributed by atoms with Crippen LogP contribution in [-0.4, -0.2) is 96.4 Å². The number of carbonyl (C=O) groups is 5. The van der Waals surface area contributed by atoms with Crippen LogP contribution in [0.4, 0.5) is 26.3 Å². The van der Waals surface area contributed by atoms with Gasteiger partial charge >= 0.3 is 30.2 Å². The summed E-state index contributed by atoms with van der Waals surface area (Å²) < 4.78 is 68.5. The summed E-state index contributed by atoms with van der Waals surface area (Å²) in [5, 5.41) is 23.5. The highest BCUT2D eigenvalue weighted by Gasteiger charge is 2.39. The zero-order chi connectivity index (χ0) is 29.8. The van der Waals surface area contributed by atoms with Gasteiger partial charge in [0.15, 0.2) is 0 Å². The molecule has 0 aromatic heterocycles. The van der Waals surface area contributed by atoms with Crippen LogP contribution in [0.15, 0.2) is 12.2 Å². The second-order valence-corrected chi connectivity index (χ2v) is 8.86. The number of halogens is 6. The van der Waals surface area contributed by atoms with E-state index in [4.69, 9.17) is 15.0 Å². The Morgan fingerprint density at radius 1 is 0.923 bits per heavy atom. The third-order valence-corrected chi connectivity index (χ3v) is 5.88. The summed E-state index contributed by atoms with van der Waals surface area (Å²) in [5.41, 5.74) is 0. The smallest absolute Gasteiger partial charge is 0.481 e. The van der Waals surface area contributed by atoms with Crippen LogP contribution in [0.3, 0.4) is 0 Å². The number of nitrogens with zero attached hydrogens (tertiary/aromatic N) is 1. The van der Waals surface area contributed by atoms with Gasteiger partial charge in [-0.25, -0.2) is 4.79 Å². The van der Waals surface area contributed by atoms with E-state index in [1.54, 1.807) is 11.0 Å². The van der Waals surface area contributed by atoms with Crippen molar-refractivity contribution in [3.8, 4) is 0 Å². The Balaban J connectivity index is 0.000000956. The van der Waals surface area contributed by atoms with Crippen molar-refractivity contribution in [1.29, 1.82) is 0 Å². The molecule has 222 valence electrons. The van der Waals surface area contributed by atoms with E-state index >= 15 is 0 Å². The summed E-state index contributed by atoms with van der Waals surface area (Å²) in [6, 6.07) is 0. The van der Waals surface area contributed by atoms with Gasteiger partial charge in [0.05, 0.1) is 11.8 Å². The topological polar surface area (TPSA) is 165 Å². The number of allylic oxidation sites excluding steroid dienone is 1. The Morgan fingerprint density at radius 2 is 1.49 bits per heavy atom. The average Bonchev–Trinajstić information content (AvgIpc) is 2.86. The normalized spacial score (nSPS) is 19.4. The van der Waals surface area contributed by atoms with Crippen LogP contribution in [0, 0.1) is 17.8 Å². The number of likely N-dealkylation sites (tertiary alicyclic amines) is 1. The second kappa shape index (κ2) is 15.3. The maximum Gasteiger partial charge on any atom is 0.490 e. The molecule has 0 unspecified atom stereocenters. The van der Waals surface area contributed by atoms with Crippen molar-refractivity contribution in [1.82, 2.24) is 20.9 Å². The quantitative estimate of drug-likeness (QED) is 0.210. The molecule has 3 amide bonds. The molecule has 0 radical (unpaired) electrons. The molecule has 2 aliphatic heterocycles. The largest absolute Gasteiger partial charge is 0.490 e. The summed E-state index contributed by atoms with van der Waals surface area (Å²) in [6.45, 7) is 1.31. The van der Waals surface area contributed by atoms with Crippen molar-refractivity contribution in [2.45, 2.75) is 38.0 Å². The van der Waals surface area contributed by atoms with E-state index in [0.29, 0.717) is 25.3 Å². The molecule has 2 fully saturated rings. The van der Waals surface area contributed by atoms with Gasteiger partial charge in [-0.1, -0.05) is 6.08 Å². The number of carbonyl (C=O) groups excluding carboxylic acids is 3. The molecular formula is C22H30F6N4O7. The van der Waals surface area contributed by atoms with E-state index in [0.717, 1.165) is 25.9 Å². The van der Waals surface area contributed by atoms with Crippen LogP contribution in [0.2, 0.25) is 0 Å². The molecule has 0 aliphatic carbocycles. The summed E-state index contributed by atoms with van der Waals surface area (Å²) in [7, 11) is 0. The van der Waals surface area contributed by atoms with Crippen molar-refractivity contribution >= 4 is 29.7 Å². The number of carboxylic acid groups (broad SMARTS) is 2. The van der Waals surface area contributed by atoms with E-state index < -0.39 is 61.0 Å². The SMILES string of the molecule is O=C(O)C(F)(F)F.O=C(O)[C@@H](CNC(=O)[C@@H]1CCCN(C(=O)/C=C/C2CCNCC2)C1)CNC(=O)C(F)(F)F. The molecule has 0 aromatic carbocycles. The monoisotopic (exact) mass is 576 g/mol. The Kier molecular flexibility index (Phi) is 13.2. The van der Waals surface area contributed by atoms with Gasteiger partial charge in [-0.15, -0.1) is 0 Å². The molecule has 0 saturated carbocycles. The first-order valence-electron chi connectivity index (χ1n) is 11.9. The van der Waals surface area contributed by atoms with E-state index in [-0.39, 0.29) is 12.5 Å². The number of piperidine rings is 2. The standard InChI is InChI=1S/C20H29F3N4O5.C2HF3O2/c21-20(22,23)19(32)26-11-15(18(30)31)10-25-17(29)14-2-1-9-27(12-14)16(28)4-3-13-5-7-24-8-6-13;3-2(4,5)1(6)7/h3-4,13-15,24H,1-2,5-12H2,(H,25,29)(H,26,32)(H,30,31);(H,6,7)/b4-3+;/t14-,15+;/m1./s1. The highest BCUT2D eigenvalue weighted by molar-refractivity contribution is 5.88. The molecule has 0 aromatic rings. The van der Waals surface area contributed by atoms with Gasteiger partial charge in [-0.3, -0.25) is 19.2 Å². The summed E-state index contributed by atoms with van der Waals surface area (Å²) >= 11 is 0. The third-order valence-electron chi connectivity index (χ3n) is 5.88. The molecule has 11 nitrogen and oxygen atoms in total.